The fourth-order valence-electron chi connectivity index (χ4n) is 1.43. The summed E-state index contributed by atoms with van der Waals surface area (Å²) in [5, 5.41) is 12.7. The second-order valence-electron chi connectivity index (χ2n) is 3.53. The Morgan fingerprint density at radius 3 is 2.44 bits per heavy atom. The Kier molecular flexibility index (Phi) is 2.55. The van der Waals surface area contributed by atoms with Crippen LogP contribution in [0.4, 0.5) is 22.7 Å². The molecule has 0 atom stereocenters. The molecule has 0 spiro atoms. The molecular formula is C12H13N3O. The summed E-state index contributed by atoms with van der Waals surface area (Å²) in [5.41, 5.74) is 13.9. The van der Waals surface area contributed by atoms with Crippen LogP contribution in [0.3, 0.4) is 0 Å². The Balaban J connectivity index is 2.30. The second kappa shape index (κ2) is 4.02. The van der Waals surface area contributed by atoms with E-state index in [9.17, 15) is 5.11 Å². The van der Waals surface area contributed by atoms with Gasteiger partial charge < -0.3 is 21.9 Å². The minimum Gasteiger partial charge on any atom is -0.506 e. The highest BCUT2D eigenvalue weighted by Crippen LogP contribution is 2.28. The van der Waals surface area contributed by atoms with Gasteiger partial charge in [-0.1, -0.05) is 6.07 Å². The van der Waals surface area contributed by atoms with Gasteiger partial charge in [-0.2, -0.15) is 0 Å². The third-order valence-electron chi connectivity index (χ3n) is 2.19. The number of nitrogens with one attached hydrogen (secondary N) is 1. The Hall–Kier alpha value is -2.36. The average Bonchev–Trinajstić information content (AvgIpc) is 2.24. The van der Waals surface area contributed by atoms with Crippen molar-refractivity contribution in [1.29, 1.82) is 0 Å². The van der Waals surface area contributed by atoms with Gasteiger partial charge >= 0.3 is 0 Å². The van der Waals surface area contributed by atoms with Crippen LogP contribution in [-0.4, -0.2) is 5.11 Å². The van der Waals surface area contributed by atoms with Gasteiger partial charge in [0, 0.05) is 17.1 Å². The molecule has 16 heavy (non-hydrogen) atoms. The zero-order valence-corrected chi connectivity index (χ0v) is 8.64. The fourth-order valence-corrected chi connectivity index (χ4v) is 1.43. The zero-order chi connectivity index (χ0) is 11.5. The van der Waals surface area contributed by atoms with Crippen LogP contribution in [0.2, 0.25) is 0 Å². The van der Waals surface area contributed by atoms with Gasteiger partial charge in [-0.3, -0.25) is 0 Å². The lowest BCUT2D eigenvalue weighted by Crippen LogP contribution is -1.94. The molecule has 82 valence electrons. The lowest BCUT2D eigenvalue weighted by molar-refractivity contribution is 0.478. The molecule has 2 aromatic rings. The third-order valence-corrected chi connectivity index (χ3v) is 2.19. The topological polar surface area (TPSA) is 84.3 Å². The highest BCUT2D eigenvalue weighted by molar-refractivity contribution is 5.71. The first-order valence-corrected chi connectivity index (χ1v) is 4.86. The summed E-state index contributed by atoms with van der Waals surface area (Å²) in [5.74, 6) is 0.150. The number of hydrogen-bond donors (Lipinski definition) is 4. The molecule has 0 saturated carbocycles. The Bertz CT molecular complexity index is 511. The van der Waals surface area contributed by atoms with Gasteiger partial charge in [-0.05, 0) is 36.4 Å². The fraction of sp³-hybridized carbons (Fsp3) is 0. The molecule has 4 nitrogen and oxygen atoms in total. The molecule has 0 aliphatic rings. The first-order chi connectivity index (χ1) is 7.65. The molecule has 0 radical (unpaired) electrons. The molecule has 0 heterocycles. The number of benzene rings is 2. The van der Waals surface area contributed by atoms with Crippen molar-refractivity contribution in [2.75, 3.05) is 16.8 Å². The van der Waals surface area contributed by atoms with E-state index < -0.39 is 0 Å². The number of rotatable bonds is 2. The average molecular weight is 215 g/mol. The highest BCUT2D eigenvalue weighted by atomic mass is 16.3. The van der Waals surface area contributed by atoms with Crippen molar-refractivity contribution < 1.29 is 5.11 Å². The number of phenolic OH excluding ortho intramolecular Hbond substituents is 1. The van der Waals surface area contributed by atoms with Gasteiger partial charge in [0.25, 0.3) is 0 Å². The normalized spacial score (nSPS) is 10.0. The number of aromatic hydroxyl groups is 1. The van der Waals surface area contributed by atoms with E-state index in [-0.39, 0.29) is 5.75 Å². The summed E-state index contributed by atoms with van der Waals surface area (Å²) in [6, 6.07) is 12.1. The van der Waals surface area contributed by atoms with E-state index in [1.807, 2.05) is 12.1 Å². The molecule has 2 rings (SSSR count). The molecule has 0 saturated heterocycles. The predicted molar refractivity (Wildman–Crippen MR) is 66.7 cm³/mol. The molecule has 6 N–H and O–H groups in total. The minimum atomic E-state index is 0.150. The molecule has 0 fully saturated rings. The lowest BCUT2D eigenvalue weighted by Gasteiger charge is -2.09. The third kappa shape index (κ3) is 2.17. The molecular weight excluding hydrogens is 202 g/mol. The summed E-state index contributed by atoms with van der Waals surface area (Å²) in [4.78, 5) is 0. The summed E-state index contributed by atoms with van der Waals surface area (Å²) < 4.78 is 0. The summed E-state index contributed by atoms with van der Waals surface area (Å²) in [6.45, 7) is 0. The summed E-state index contributed by atoms with van der Waals surface area (Å²) in [6.07, 6.45) is 0. The van der Waals surface area contributed by atoms with E-state index in [2.05, 4.69) is 5.32 Å². The largest absolute Gasteiger partial charge is 0.506 e. The van der Waals surface area contributed by atoms with Crippen LogP contribution in [0, 0.1) is 0 Å². The van der Waals surface area contributed by atoms with Crippen molar-refractivity contribution in [3.8, 4) is 5.75 Å². The second-order valence-corrected chi connectivity index (χ2v) is 3.53. The number of phenols is 1. The first-order valence-electron chi connectivity index (χ1n) is 4.86. The maximum atomic E-state index is 9.62. The van der Waals surface area contributed by atoms with E-state index in [4.69, 9.17) is 11.5 Å². The molecule has 4 heteroatoms. The molecule has 0 aromatic heterocycles. The summed E-state index contributed by atoms with van der Waals surface area (Å²) >= 11 is 0. The number of anilines is 4. The van der Waals surface area contributed by atoms with E-state index in [1.165, 1.54) is 0 Å². The highest BCUT2D eigenvalue weighted by Gasteiger charge is 2.01. The summed E-state index contributed by atoms with van der Waals surface area (Å²) in [7, 11) is 0. The van der Waals surface area contributed by atoms with Crippen LogP contribution < -0.4 is 16.8 Å². The quantitative estimate of drug-likeness (QED) is 0.352. The van der Waals surface area contributed by atoms with Gasteiger partial charge in [-0.25, -0.2) is 0 Å². The smallest absolute Gasteiger partial charge is 0.139 e. The van der Waals surface area contributed by atoms with Crippen LogP contribution in [0.1, 0.15) is 0 Å². The number of nitrogens with two attached hydrogens (primary N) is 2. The van der Waals surface area contributed by atoms with Crippen molar-refractivity contribution in [3.63, 3.8) is 0 Å². The van der Waals surface area contributed by atoms with Crippen molar-refractivity contribution in [1.82, 2.24) is 0 Å². The molecule has 0 aliphatic carbocycles. The Morgan fingerprint density at radius 2 is 1.69 bits per heavy atom. The monoisotopic (exact) mass is 215 g/mol. The van der Waals surface area contributed by atoms with Gasteiger partial charge in [0.2, 0.25) is 0 Å². The maximum Gasteiger partial charge on any atom is 0.139 e. The van der Waals surface area contributed by atoms with Crippen molar-refractivity contribution in [2.24, 2.45) is 0 Å². The maximum absolute atomic E-state index is 9.62. The van der Waals surface area contributed by atoms with Crippen LogP contribution in [0.25, 0.3) is 0 Å². The lowest BCUT2D eigenvalue weighted by atomic mass is 10.2. The minimum absolute atomic E-state index is 0.150. The van der Waals surface area contributed by atoms with Crippen LogP contribution in [0.15, 0.2) is 42.5 Å². The zero-order valence-electron chi connectivity index (χ0n) is 8.64. The standard InChI is InChI=1S/C12H13N3O/c13-8-2-1-3-10(6-8)15-11-7-9(14)4-5-12(11)16/h1-7,15-16H,13-14H2. The van der Waals surface area contributed by atoms with Crippen molar-refractivity contribution in [3.05, 3.63) is 42.5 Å². The first kappa shape index (κ1) is 10.2. The molecule has 0 unspecified atom stereocenters. The Labute approximate surface area is 93.5 Å². The van der Waals surface area contributed by atoms with E-state index in [0.717, 1.165) is 5.69 Å². The molecule has 2 aromatic carbocycles. The van der Waals surface area contributed by atoms with Gasteiger partial charge in [0.15, 0.2) is 0 Å². The van der Waals surface area contributed by atoms with Gasteiger partial charge in [0.05, 0.1) is 5.69 Å². The van der Waals surface area contributed by atoms with E-state index >= 15 is 0 Å². The molecule has 0 amide bonds. The Morgan fingerprint density at radius 1 is 0.938 bits per heavy atom. The van der Waals surface area contributed by atoms with E-state index in [0.29, 0.717) is 17.1 Å². The van der Waals surface area contributed by atoms with Crippen LogP contribution in [-0.2, 0) is 0 Å². The number of hydrogen-bond acceptors (Lipinski definition) is 4. The van der Waals surface area contributed by atoms with Crippen LogP contribution >= 0.6 is 0 Å². The predicted octanol–water partition coefficient (Wildman–Crippen LogP) is 2.30. The van der Waals surface area contributed by atoms with Crippen molar-refractivity contribution >= 4 is 22.7 Å². The van der Waals surface area contributed by atoms with Gasteiger partial charge in [-0.15, -0.1) is 0 Å². The van der Waals surface area contributed by atoms with Crippen LogP contribution in [0.5, 0.6) is 5.75 Å². The van der Waals surface area contributed by atoms with E-state index in [1.54, 1.807) is 30.3 Å². The SMILES string of the molecule is Nc1cccc(Nc2cc(N)ccc2O)c1. The number of nitrogen functional groups attached to an aromatic ring is 2. The molecule has 0 aliphatic heterocycles. The van der Waals surface area contributed by atoms with Crippen molar-refractivity contribution in [2.45, 2.75) is 0 Å². The van der Waals surface area contributed by atoms with Gasteiger partial charge in [0.1, 0.15) is 5.75 Å². The molecule has 0 bridgehead atoms.